The molecule has 2 aliphatic heterocycles. The molecule has 2 heterocycles. The summed E-state index contributed by atoms with van der Waals surface area (Å²) >= 11 is 6.32. The van der Waals surface area contributed by atoms with Crippen molar-refractivity contribution in [1.82, 2.24) is 0 Å². The van der Waals surface area contributed by atoms with E-state index in [2.05, 4.69) is 0 Å². The smallest absolute Gasteiger partial charge is 0.336 e. The van der Waals surface area contributed by atoms with E-state index in [-0.39, 0.29) is 30.8 Å². The van der Waals surface area contributed by atoms with Crippen LogP contribution in [0.25, 0.3) is 0 Å². The molecule has 0 N–H and O–H groups in total. The summed E-state index contributed by atoms with van der Waals surface area (Å²) in [5, 5.41) is 0.552. The minimum atomic E-state index is -0.370. The first kappa shape index (κ1) is 15.9. The van der Waals surface area contributed by atoms with Gasteiger partial charge in [-0.3, -0.25) is 9.69 Å². The fourth-order valence-corrected chi connectivity index (χ4v) is 3.81. The molecule has 0 unspecified atom stereocenters. The Morgan fingerprint density at radius 3 is 2.68 bits per heavy atom. The van der Waals surface area contributed by atoms with Gasteiger partial charge in [0.15, 0.2) is 0 Å². The molecule has 0 radical (unpaired) electrons. The topological polar surface area (TPSA) is 46.6 Å². The lowest BCUT2D eigenvalue weighted by Gasteiger charge is -2.32. The van der Waals surface area contributed by atoms with Crippen LogP contribution in [-0.2, 0) is 14.3 Å². The van der Waals surface area contributed by atoms with Crippen molar-refractivity contribution in [3.8, 4) is 0 Å². The SMILES string of the molecule is Cc1cccc(N2C(=O)C[C@@H](c3ccccc3Cl)C3=C2COC3=O)c1. The van der Waals surface area contributed by atoms with Gasteiger partial charge in [-0.15, -0.1) is 0 Å². The summed E-state index contributed by atoms with van der Waals surface area (Å²) in [6.07, 6.45) is 0.186. The Morgan fingerprint density at radius 2 is 1.92 bits per heavy atom. The highest BCUT2D eigenvalue weighted by atomic mass is 35.5. The third-order valence-electron chi connectivity index (χ3n) is 4.66. The minimum absolute atomic E-state index is 0.0624. The van der Waals surface area contributed by atoms with E-state index in [0.29, 0.717) is 16.3 Å². The summed E-state index contributed by atoms with van der Waals surface area (Å²) in [7, 11) is 0. The van der Waals surface area contributed by atoms with Crippen molar-refractivity contribution in [1.29, 1.82) is 0 Å². The average Bonchev–Trinajstić information content (AvgIpc) is 2.96. The number of nitrogens with zero attached hydrogens (tertiary/aromatic N) is 1. The molecule has 0 saturated heterocycles. The van der Waals surface area contributed by atoms with Crippen LogP contribution in [0, 0.1) is 6.92 Å². The van der Waals surface area contributed by atoms with Gasteiger partial charge in [-0.25, -0.2) is 4.79 Å². The number of aryl methyl sites for hydroxylation is 1. The van der Waals surface area contributed by atoms with E-state index in [4.69, 9.17) is 16.3 Å². The molecule has 4 nitrogen and oxygen atoms in total. The van der Waals surface area contributed by atoms with Crippen LogP contribution in [0.4, 0.5) is 5.69 Å². The number of rotatable bonds is 2. The normalized spacial score (nSPS) is 19.9. The highest BCUT2D eigenvalue weighted by Gasteiger charge is 2.43. The summed E-state index contributed by atoms with van der Waals surface area (Å²) in [5.41, 5.74) is 3.75. The molecule has 25 heavy (non-hydrogen) atoms. The van der Waals surface area contributed by atoms with Crippen molar-refractivity contribution in [3.05, 3.63) is 76.0 Å². The second kappa shape index (κ2) is 6.05. The number of cyclic esters (lactones) is 1. The van der Waals surface area contributed by atoms with Crippen molar-refractivity contribution in [2.75, 3.05) is 11.5 Å². The van der Waals surface area contributed by atoms with E-state index in [9.17, 15) is 9.59 Å². The predicted molar refractivity (Wildman–Crippen MR) is 95.5 cm³/mol. The molecule has 1 atom stereocenters. The molecule has 5 heteroatoms. The van der Waals surface area contributed by atoms with Crippen LogP contribution in [0.5, 0.6) is 0 Å². The number of esters is 1. The van der Waals surface area contributed by atoms with Gasteiger partial charge in [-0.1, -0.05) is 41.9 Å². The molecule has 0 fully saturated rings. The Kier molecular flexibility index (Phi) is 3.85. The Balaban J connectivity index is 1.86. The van der Waals surface area contributed by atoms with E-state index < -0.39 is 0 Å². The summed E-state index contributed by atoms with van der Waals surface area (Å²) < 4.78 is 5.27. The van der Waals surface area contributed by atoms with Crippen LogP contribution in [0.2, 0.25) is 5.02 Å². The summed E-state index contributed by atoms with van der Waals surface area (Å²) in [6.45, 7) is 2.07. The number of carbonyl (C=O) groups is 2. The summed E-state index contributed by atoms with van der Waals surface area (Å²) in [5.74, 6) is -0.801. The molecule has 2 aromatic rings. The zero-order valence-electron chi connectivity index (χ0n) is 13.7. The zero-order valence-corrected chi connectivity index (χ0v) is 14.4. The van der Waals surface area contributed by atoms with E-state index in [0.717, 1.165) is 16.8 Å². The Bertz CT molecular complexity index is 919. The lowest BCUT2D eigenvalue weighted by Crippen LogP contribution is -2.37. The van der Waals surface area contributed by atoms with Gasteiger partial charge in [0.1, 0.15) is 6.61 Å². The van der Waals surface area contributed by atoms with Gasteiger partial charge in [0.2, 0.25) is 5.91 Å². The molecule has 4 rings (SSSR count). The van der Waals surface area contributed by atoms with Crippen LogP contribution < -0.4 is 4.90 Å². The maximum absolute atomic E-state index is 12.9. The number of anilines is 1. The van der Waals surface area contributed by atoms with Crippen LogP contribution in [0.3, 0.4) is 0 Å². The molecule has 2 aromatic carbocycles. The van der Waals surface area contributed by atoms with Gasteiger partial charge in [-0.2, -0.15) is 0 Å². The molecule has 0 aromatic heterocycles. The summed E-state index contributed by atoms with van der Waals surface area (Å²) in [4.78, 5) is 26.9. The Labute approximate surface area is 150 Å². The van der Waals surface area contributed by atoms with E-state index in [1.807, 2.05) is 49.4 Å². The van der Waals surface area contributed by atoms with Gasteiger partial charge in [-0.05, 0) is 36.2 Å². The lowest BCUT2D eigenvalue weighted by molar-refractivity contribution is -0.136. The van der Waals surface area contributed by atoms with Crippen LogP contribution in [-0.4, -0.2) is 18.5 Å². The van der Waals surface area contributed by atoms with Gasteiger partial charge in [0, 0.05) is 23.0 Å². The molecule has 0 saturated carbocycles. The number of ether oxygens (including phenoxy) is 1. The van der Waals surface area contributed by atoms with Gasteiger partial charge >= 0.3 is 5.97 Å². The van der Waals surface area contributed by atoms with Gasteiger partial charge in [0.05, 0.1) is 11.3 Å². The largest absolute Gasteiger partial charge is 0.456 e. The molecule has 0 spiro atoms. The van der Waals surface area contributed by atoms with Gasteiger partial charge in [0.25, 0.3) is 0 Å². The van der Waals surface area contributed by atoms with Crippen LogP contribution in [0.15, 0.2) is 59.8 Å². The first-order chi connectivity index (χ1) is 12.1. The number of halogens is 1. The number of benzene rings is 2. The number of carbonyl (C=O) groups excluding carboxylic acids is 2. The molecule has 1 amide bonds. The molecule has 0 bridgehead atoms. The Morgan fingerprint density at radius 1 is 1.12 bits per heavy atom. The fourth-order valence-electron chi connectivity index (χ4n) is 3.54. The number of hydrogen-bond donors (Lipinski definition) is 0. The standard InChI is InChI=1S/C20H16ClNO3/c1-12-5-4-6-13(9-12)22-17-11-25-20(24)19(17)15(10-18(22)23)14-7-2-3-8-16(14)21/h2-9,15H,10-11H2,1H3/t15-/m0/s1. The molecule has 2 aliphatic rings. The second-order valence-corrected chi connectivity index (χ2v) is 6.69. The van der Waals surface area contributed by atoms with Crippen molar-refractivity contribution in [2.45, 2.75) is 19.3 Å². The highest BCUT2D eigenvalue weighted by Crippen LogP contribution is 2.43. The van der Waals surface area contributed by atoms with Crippen molar-refractivity contribution < 1.29 is 14.3 Å². The third kappa shape index (κ3) is 2.63. The molecular weight excluding hydrogens is 338 g/mol. The molecule has 126 valence electrons. The maximum Gasteiger partial charge on any atom is 0.336 e. The quantitative estimate of drug-likeness (QED) is 0.767. The zero-order chi connectivity index (χ0) is 17.6. The van der Waals surface area contributed by atoms with Gasteiger partial charge < -0.3 is 4.74 Å². The monoisotopic (exact) mass is 353 g/mol. The van der Waals surface area contributed by atoms with Crippen molar-refractivity contribution in [3.63, 3.8) is 0 Å². The van der Waals surface area contributed by atoms with E-state index in [1.54, 1.807) is 11.0 Å². The average molecular weight is 354 g/mol. The Hall–Kier alpha value is -2.59. The van der Waals surface area contributed by atoms with Crippen LogP contribution >= 0.6 is 11.6 Å². The predicted octanol–water partition coefficient (Wildman–Crippen LogP) is 3.98. The maximum atomic E-state index is 12.9. The molecular formula is C20H16ClNO3. The van der Waals surface area contributed by atoms with E-state index in [1.165, 1.54) is 0 Å². The first-order valence-electron chi connectivity index (χ1n) is 8.10. The first-order valence-corrected chi connectivity index (χ1v) is 8.48. The molecule has 0 aliphatic carbocycles. The van der Waals surface area contributed by atoms with E-state index >= 15 is 0 Å². The number of amides is 1. The van der Waals surface area contributed by atoms with Crippen LogP contribution in [0.1, 0.15) is 23.5 Å². The highest BCUT2D eigenvalue weighted by molar-refractivity contribution is 6.31. The summed E-state index contributed by atoms with van der Waals surface area (Å²) in [6, 6.07) is 15.0. The second-order valence-electron chi connectivity index (χ2n) is 6.28. The fraction of sp³-hybridized carbons (Fsp3) is 0.200. The minimum Gasteiger partial charge on any atom is -0.456 e. The van der Waals surface area contributed by atoms with Crippen molar-refractivity contribution in [2.24, 2.45) is 0 Å². The number of hydrogen-bond acceptors (Lipinski definition) is 3. The lowest BCUT2D eigenvalue weighted by atomic mass is 9.84. The third-order valence-corrected chi connectivity index (χ3v) is 5.00. The van der Waals surface area contributed by atoms with Crippen molar-refractivity contribution >= 4 is 29.2 Å².